The third kappa shape index (κ3) is 4.34. The van der Waals surface area contributed by atoms with Gasteiger partial charge in [-0.05, 0) is 41.8 Å². The molecule has 124 valence electrons. The summed E-state index contributed by atoms with van der Waals surface area (Å²) in [5, 5.41) is 4.00. The Kier molecular flexibility index (Phi) is 6.21. The van der Waals surface area contributed by atoms with Crippen LogP contribution in [-0.2, 0) is 20.9 Å². The summed E-state index contributed by atoms with van der Waals surface area (Å²) in [6.45, 7) is 2.85. The molecule has 0 unspecified atom stereocenters. The van der Waals surface area contributed by atoms with Crippen LogP contribution in [0, 0.1) is 6.92 Å². The van der Waals surface area contributed by atoms with Crippen LogP contribution in [0.1, 0.15) is 25.0 Å². The second kappa shape index (κ2) is 8.15. The van der Waals surface area contributed by atoms with Gasteiger partial charge in [0.25, 0.3) is 0 Å². The molecule has 0 spiro atoms. The highest BCUT2D eigenvalue weighted by Gasteiger charge is 2.13. The first-order chi connectivity index (χ1) is 11.0. The third-order valence-electron chi connectivity index (χ3n) is 3.81. The summed E-state index contributed by atoms with van der Waals surface area (Å²) < 4.78 is 7.61. The molecule has 1 heterocycles. The second-order valence-electron chi connectivity index (χ2n) is 5.39. The third-order valence-corrected chi connectivity index (χ3v) is 4.81. The van der Waals surface area contributed by atoms with Crippen molar-refractivity contribution < 1.29 is 14.3 Å². The molecule has 0 saturated carbocycles. The lowest BCUT2D eigenvalue weighted by Crippen LogP contribution is -2.28. The number of rotatable bonds is 7. The lowest BCUT2D eigenvalue weighted by Gasteiger charge is -2.09. The van der Waals surface area contributed by atoms with Crippen molar-refractivity contribution in [2.45, 2.75) is 32.7 Å². The fourth-order valence-electron chi connectivity index (χ4n) is 2.52. The van der Waals surface area contributed by atoms with Gasteiger partial charge in [-0.15, -0.1) is 0 Å². The quantitative estimate of drug-likeness (QED) is 0.592. The van der Waals surface area contributed by atoms with Crippen molar-refractivity contribution >= 4 is 38.7 Å². The Morgan fingerprint density at radius 3 is 2.74 bits per heavy atom. The number of aromatic nitrogens is 1. The minimum Gasteiger partial charge on any atom is -0.469 e. The fraction of sp³-hybridized carbons (Fsp3) is 0.412. The van der Waals surface area contributed by atoms with Crippen LogP contribution in [0.5, 0.6) is 0 Å². The number of nitrogens with one attached hydrogen (secondary N) is 1. The number of amides is 1. The van der Waals surface area contributed by atoms with Crippen molar-refractivity contribution in [2.24, 2.45) is 0 Å². The number of unbranched alkanes of at least 4 members (excludes halogenated alkanes) is 1. The standard InChI is InChI=1S/C17H21BrN2O3/c1-12-17(18)13-7-3-4-8-14(13)20(12)11-15(21)19-10-6-5-9-16(22)23-2/h3-4,7-8H,5-6,9-11H2,1-2H3,(H,19,21). The normalized spacial score (nSPS) is 10.7. The van der Waals surface area contributed by atoms with E-state index in [0.29, 0.717) is 19.4 Å². The molecule has 0 aliphatic heterocycles. The molecule has 23 heavy (non-hydrogen) atoms. The summed E-state index contributed by atoms with van der Waals surface area (Å²) >= 11 is 3.59. The molecule has 0 saturated heterocycles. The number of carbonyl (C=O) groups is 2. The van der Waals surface area contributed by atoms with E-state index in [4.69, 9.17) is 0 Å². The molecule has 2 rings (SSSR count). The molecule has 0 aliphatic carbocycles. The van der Waals surface area contributed by atoms with E-state index in [0.717, 1.165) is 27.5 Å². The Bertz CT molecular complexity index is 709. The maximum atomic E-state index is 12.1. The lowest BCUT2D eigenvalue weighted by molar-refractivity contribution is -0.140. The average molecular weight is 381 g/mol. The number of ether oxygens (including phenoxy) is 1. The van der Waals surface area contributed by atoms with Crippen molar-refractivity contribution in [1.82, 2.24) is 9.88 Å². The number of esters is 1. The van der Waals surface area contributed by atoms with E-state index in [-0.39, 0.29) is 18.4 Å². The second-order valence-corrected chi connectivity index (χ2v) is 6.18. The molecule has 2 aromatic rings. The maximum Gasteiger partial charge on any atom is 0.305 e. The van der Waals surface area contributed by atoms with E-state index in [1.54, 1.807) is 0 Å². The molecule has 0 bridgehead atoms. The number of para-hydroxylation sites is 1. The molecule has 0 atom stereocenters. The topological polar surface area (TPSA) is 60.3 Å². The van der Waals surface area contributed by atoms with E-state index in [1.807, 2.05) is 35.8 Å². The van der Waals surface area contributed by atoms with Crippen LogP contribution in [0.2, 0.25) is 0 Å². The molecule has 0 aliphatic rings. The molecule has 1 amide bonds. The molecule has 6 heteroatoms. The van der Waals surface area contributed by atoms with Gasteiger partial charge in [-0.25, -0.2) is 0 Å². The minimum absolute atomic E-state index is 0.0283. The summed E-state index contributed by atoms with van der Waals surface area (Å²) in [5.74, 6) is -0.241. The molecular formula is C17H21BrN2O3. The van der Waals surface area contributed by atoms with Gasteiger partial charge >= 0.3 is 5.97 Å². The number of benzene rings is 1. The first-order valence-corrected chi connectivity index (χ1v) is 8.40. The van der Waals surface area contributed by atoms with Crippen molar-refractivity contribution in [2.75, 3.05) is 13.7 Å². The van der Waals surface area contributed by atoms with Gasteiger partial charge in [0.2, 0.25) is 5.91 Å². The Balaban J connectivity index is 1.89. The van der Waals surface area contributed by atoms with Gasteiger partial charge < -0.3 is 14.6 Å². The van der Waals surface area contributed by atoms with E-state index in [1.165, 1.54) is 7.11 Å². The molecule has 5 nitrogen and oxygen atoms in total. The molecule has 1 aromatic carbocycles. The summed E-state index contributed by atoms with van der Waals surface area (Å²) in [5.41, 5.74) is 2.07. The van der Waals surface area contributed by atoms with Gasteiger partial charge in [-0.3, -0.25) is 9.59 Å². The van der Waals surface area contributed by atoms with Gasteiger partial charge in [-0.2, -0.15) is 0 Å². The Morgan fingerprint density at radius 2 is 2.00 bits per heavy atom. The maximum absolute atomic E-state index is 12.1. The fourth-order valence-corrected chi connectivity index (χ4v) is 3.07. The van der Waals surface area contributed by atoms with Crippen molar-refractivity contribution in [3.63, 3.8) is 0 Å². The van der Waals surface area contributed by atoms with Crippen LogP contribution in [0.15, 0.2) is 28.7 Å². The van der Waals surface area contributed by atoms with Crippen LogP contribution in [0.25, 0.3) is 10.9 Å². The number of hydrogen-bond acceptors (Lipinski definition) is 3. The highest BCUT2D eigenvalue weighted by molar-refractivity contribution is 9.10. The lowest BCUT2D eigenvalue weighted by atomic mass is 10.2. The Morgan fingerprint density at radius 1 is 1.26 bits per heavy atom. The average Bonchev–Trinajstić information content (AvgIpc) is 2.79. The summed E-state index contributed by atoms with van der Waals surface area (Å²) in [6, 6.07) is 8.00. The van der Waals surface area contributed by atoms with Crippen LogP contribution >= 0.6 is 15.9 Å². The van der Waals surface area contributed by atoms with Gasteiger partial charge in [0.1, 0.15) is 6.54 Å². The van der Waals surface area contributed by atoms with E-state index >= 15 is 0 Å². The molecule has 1 aromatic heterocycles. The van der Waals surface area contributed by atoms with Crippen molar-refractivity contribution in [3.05, 3.63) is 34.4 Å². The molecular weight excluding hydrogens is 360 g/mol. The van der Waals surface area contributed by atoms with E-state index in [9.17, 15) is 9.59 Å². The summed E-state index contributed by atoms with van der Waals surface area (Å²) in [4.78, 5) is 23.1. The Hall–Kier alpha value is -1.82. The predicted octanol–water partition coefficient (Wildman–Crippen LogP) is 3.17. The minimum atomic E-state index is -0.212. The zero-order valence-electron chi connectivity index (χ0n) is 13.4. The number of methoxy groups -OCH3 is 1. The zero-order valence-corrected chi connectivity index (χ0v) is 15.0. The number of halogens is 1. The smallest absolute Gasteiger partial charge is 0.305 e. The van der Waals surface area contributed by atoms with Gasteiger partial charge in [0.15, 0.2) is 0 Å². The number of fused-ring (bicyclic) bond motifs is 1. The van der Waals surface area contributed by atoms with Gasteiger partial charge in [-0.1, -0.05) is 18.2 Å². The first kappa shape index (κ1) is 17.5. The van der Waals surface area contributed by atoms with Crippen LogP contribution in [-0.4, -0.2) is 30.1 Å². The molecule has 0 radical (unpaired) electrons. The Labute approximate surface area is 144 Å². The summed E-state index contributed by atoms with van der Waals surface area (Å²) in [7, 11) is 1.38. The monoisotopic (exact) mass is 380 g/mol. The van der Waals surface area contributed by atoms with Crippen molar-refractivity contribution in [3.8, 4) is 0 Å². The van der Waals surface area contributed by atoms with Crippen LogP contribution < -0.4 is 5.32 Å². The molecule has 1 N–H and O–H groups in total. The SMILES string of the molecule is COC(=O)CCCCNC(=O)Cn1c(C)c(Br)c2ccccc21. The first-order valence-electron chi connectivity index (χ1n) is 7.61. The highest BCUT2D eigenvalue weighted by Crippen LogP contribution is 2.30. The van der Waals surface area contributed by atoms with Crippen molar-refractivity contribution in [1.29, 1.82) is 0 Å². The predicted molar refractivity (Wildman–Crippen MR) is 93.3 cm³/mol. The van der Waals surface area contributed by atoms with Crippen LogP contribution in [0.4, 0.5) is 0 Å². The largest absolute Gasteiger partial charge is 0.469 e. The highest BCUT2D eigenvalue weighted by atomic mass is 79.9. The zero-order chi connectivity index (χ0) is 16.8. The van der Waals surface area contributed by atoms with E-state index < -0.39 is 0 Å². The van der Waals surface area contributed by atoms with E-state index in [2.05, 4.69) is 26.0 Å². The molecule has 0 fully saturated rings. The number of carbonyl (C=O) groups excluding carboxylic acids is 2. The van der Waals surface area contributed by atoms with Gasteiger partial charge in [0.05, 0.1) is 7.11 Å². The van der Waals surface area contributed by atoms with Crippen LogP contribution in [0.3, 0.4) is 0 Å². The van der Waals surface area contributed by atoms with Gasteiger partial charge in [0, 0.05) is 34.0 Å². The number of hydrogen-bond donors (Lipinski definition) is 1. The summed E-state index contributed by atoms with van der Waals surface area (Å²) in [6.07, 6.45) is 1.86. The number of nitrogens with zero attached hydrogens (tertiary/aromatic N) is 1.